The van der Waals surface area contributed by atoms with Gasteiger partial charge in [0.1, 0.15) is 48.0 Å². The molecule has 0 saturated heterocycles. The molecule has 0 saturated carbocycles. The predicted octanol–water partition coefficient (Wildman–Crippen LogP) is -6.07. The number of aliphatic carboxylic acids is 2. The van der Waals surface area contributed by atoms with Crippen molar-refractivity contribution in [1.82, 2.24) is 37.2 Å². The molecule has 0 aliphatic rings. The Kier molecular flexibility index (Phi) is 24.2. The van der Waals surface area contributed by atoms with E-state index in [-0.39, 0.29) is 37.3 Å². The molecule has 0 radical (unpaired) electrons. The third-order valence-electron chi connectivity index (χ3n) is 9.06. The Morgan fingerprint density at radius 1 is 0.667 bits per heavy atom. The van der Waals surface area contributed by atoms with Crippen LogP contribution in [0.3, 0.4) is 0 Å². The van der Waals surface area contributed by atoms with E-state index in [2.05, 4.69) is 49.8 Å². The predicted molar refractivity (Wildman–Crippen MR) is 223 cm³/mol. The molecule has 25 nitrogen and oxygen atoms in total. The normalized spacial score (nSPS) is 15.2. The molecule has 0 fully saturated rings. The second kappa shape index (κ2) is 27.8. The number of carboxylic acids is 2. The summed E-state index contributed by atoms with van der Waals surface area (Å²) in [5.41, 5.74) is 17.3. The van der Waals surface area contributed by atoms with Gasteiger partial charge in [0.2, 0.25) is 47.3 Å². The van der Waals surface area contributed by atoms with Gasteiger partial charge in [-0.25, -0.2) is 4.79 Å². The number of hydrogen-bond donors (Lipinski definition) is 16. The second-order valence-electron chi connectivity index (χ2n) is 14.3. The fraction of sp³-hybridized carbons (Fsp3) is 0.568. The van der Waals surface area contributed by atoms with E-state index < -0.39 is 140 Å². The van der Waals surface area contributed by atoms with E-state index >= 15 is 0 Å². The van der Waals surface area contributed by atoms with Crippen LogP contribution in [0.5, 0.6) is 5.75 Å². The largest absolute Gasteiger partial charge is 0.508 e. The number of amides is 8. The van der Waals surface area contributed by atoms with Crippen LogP contribution in [0.4, 0.5) is 0 Å². The van der Waals surface area contributed by atoms with Crippen LogP contribution in [0.1, 0.15) is 57.9 Å². The average Bonchev–Trinajstić information content (AvgIpc) is 3.21. The zero-order valence-corrected chi connectivity index (χ0v) is 35.5. The Morgan fingerprint density at radius 3 is 1.70 bits per heavy atom. The van der Waals surface area contributed by atoms with E-state index in [0.29, 0.717) is 12.0 Å². The van der Waals surface area contributed by atoms with Crippen molar-refractivity contribution in [3.05, 3.63) is 29.8 Å². The smallest absolute Gasteiger partial charge is 0.327 e. The van der Waals surface area contributed by atoms with Crippen LogP contribution in [-0.2, 0) is 54.4 Å². The highest BCUT2D eigenvalue weighted by Gasteiger charge is 2.35. The Balaban J connectivity index is 3.12. The molecule has 0 bridgehead atoms. The van der Waals surface area contributed by atoms with Gasteiger partial charge in [0.05, 0.1) is 25.2 Å². The standard InChI is InChI=1S/C37H58N10O15S/c1-17(30(54)42-22(5-3-4-12-38)33(57)47-29(18(2)49)36(60)46-26(16-63)37(61)62)41-35(59)25(15-48)45-34(58)24(14-28(52)53)44-32(56)23(10-11-27(40)51)43-31(55)21(39)13-19-6-8-20(50)9-7-19/h6-9,17-18,21-26,29,48-50,63H,3-5,10-16,38-39H2,1-2H3,(H2,40,51)(H,41,59)(H,42,54)(H,43,55)(H,44,56)(H,45,58)(H,46,60)(H,47,57)(H,52,53)(H,61,62)/t17-,18+,21-,22-,23-,24-,25-,26-,29-/m0/s1. The third-order valence-corrected chi connectivity index (χ3v) is 9.43. The van der Waals surface area contributed by atoms with E-state index in [0.717, 1.165) is 6.92 Å². The first-order valence-electron chi connectivity index (χ1n) is 19.5. The molecule has 1 rings (SSSR count). The maximum Gasteiger partial charge on any atom is 0.327 e. The number of carbonyl (C=O) groups excluding carboxylic acids is 8. The number of nitrogens with one attached hydrogen (secondary N) is 7. The Labute approximate surface area is 366 Å². The first kappa shape index (κ1) is 54.9. The summed E-state index contributed by atoms with van der Waals surface area (Å²) < 4.78 is 0. The molecule has 0 aromatic heterocycles. The number of carboxylic acid groups (broad SMARTS) is 2. The molecule has 18 N–H and O–H groups in total. The van der Waals surface area contributed by atoms with Crippen LogP contribution in [0.2, 0.25) is 0 Å². The average molecular weight is 915 g/mol. The van der Waals surface area contributed by atoms with Crippen molar-refractivity contribution >= 4 is 71.8 Å². The highest BCUT2D eigenvalue weighted by atomic mass is 32.1. The number of benzene rings is 1. The lowest BCUT2D eigenvalue weighted by molar-refractivity contribution is -0.142. The van der Waals surface area contributed by atoms with E-state index in [1.807, 2.05) is 0 Å². The molecule has 0 unspecified atom stereocenters. The van der Waals surface area contributed by atoms with Gasteiger partial charge >= 0.3 is 11.9 Å². The third kappa shape index (κ3) is 20.1. The van der Waals surface area contributed by atoms with Crippen LogP contribution >= 0.6 is 12.6 Å². The maximum absolute atomic E-state index is 13.4. The molecule has 9 atom stereocenters. The number of aromatic hydroxyl groups is 1. The number of hydrogen-bond acceptors (Lipinski definition) is 16. The molecule has 26 heteroatoms. The number of unbranched alkanes of at least 4 members (excludes halogenated alkanes) is 1. The molecule has 352 valence electrons. The first-order chi connectivity index (χ1) is 29.5. The van der Waals surface area contributed by atoms with Gasteiger partial charge in [-0.2, -0.15) is 12.6 Å². The van der Waals surface area contributed by atoms with Gasteiger partial charge in [-0.3, -0.25) is 43.2 Å². The molecule has 1 aromatic carbocycles. The molecular formula is C37H58N10O15S. The van der Waals surface area contributed by atoms with Crippen LogP contribution in [0, 0.1) is 0 Å². The van der Waals surface area contributed by atoms with Crippen molar-refractivity contribution in [3.8, 4) is 5.75 Å². The van der Waals surface area contributed by atoms with Gasteiger partial charge in [-0.1, -0.05) is 12.1 Å². The molecule has 1 aromatic rings. The van der Waals surface area contributed by atoms with Crippen LogP contribution in [0.25, 0.3) is 0 Å². The van der Waals surface area contributed by atoms with Crippen molar-refractivity contribution in [3.63, 3.8) is 0 Å². The van der Waals surface area contributed by atoms with Crippen LogP contribution in [0.15, 0.2) is 24.3 Å². The van der Waals surface area contributed by atoms with E-state index in [9.17, 15) is 73.5 Å². The molecule has 0 aliphatic carbocycles. The highest BCUT2D eigenvalue weighted by molar-refractivity contribution is 7.80. The van der Waals surface area contributed by atoms with Crippen molar-refractivity contribution in [1.29, 1.82) is 0 Å². The van der Waals surface area contributed by atoms with Crippen molar-refractivity contribution < 1.29 is 73.5 Å². The Hall–Kier alpha value is -6.09. The summed E-state index contributed by atoms with van der Waals surface area (Å²) in [6.07, 6.45) is -2.88. The van der Waals surface area contributed by atoms with Crippen molar-refractivity contribution in [2.75, 3.05) is 18.9 Å². The lowest BCUT2D eigenvalue weighted by atomic mass is 10.0. The van der Waals surface area contributed by atoms with Crippen molar-refractivity contribution in [2.45, 2.75) is 113 Å². The van der Waals surface area contributed by atoms with Crippen LogP contribution in [-0.4, -0.2) is 158 Å². The topological polar surface area (TPSA) is 434 Å². The molecule has 8 amide bonds. The minimum atomic E-state index is -1.94. The van der Waals surface area contributed by atoms with E-state index in [1.165, 1.54) is 31.2 Å². The number of nitrogens with two attached hydrogens (primary N) is 3. The minimum Gasteiger partial charge on any atom is -0.508 e. The minimum absolute atomic E-state index is 0.0360. The van der Waals surface area contributed by atoms with Crippen LogP contribution < -0.4 is 54.4 Å². The number of rotatable bonds is 29. The fourth-order valence-electron chi connectivity index (χ4n) is 5.48. The molecule has 0 heterocycles. The summed E-state index contributed by atoms with van der Waals surface area (Å²) in [5, 5.41) is 64.0. The zero-order valence-electron chi connectivity index (χ0n) is 34.6. The van der Waals surface area contributed by atoms with Gasteiger partial charge in [0, 0.05) is 12.2 Å². The molecule has 0 aliphatic heterocycles. The lowest BCUT2D eigenvalue weighted by Crippen LogP contribution is -2.61. The van der Waals surface area contributed by atoms with Gasteiger partial charge in [-0.05, 0) is 70.2 Å². The number of thiol groups is 1. The Bertz CT molecular complexity index is 1770. The zero-order chi connectivity index (χ0) is 48.0. The summed E-state index contributed by atoms with van der Waals surface area (Å²) in [7, 11) is 0. The summed E-state index contributed by atoms with van der Waals surface area (Å²) in [6.45, 7) is 1.42. The second-order valence-corrected chi connectivity index (χ2v) is 14.7. The van der Waals surface area contributed by atoms with E-state index in [1.54, 1.807) is 0 Å². The number of phenolic OH excluding ortho intramolecular Hbond substituents is 1. The number of phenols is 1. The van der Waals surface area contributed by atoms with Crippen molar-refractivity contribution in [2.24, 2.45) is 17.2 Å². The Morgan fingerprint density at radius 2 is 1.17 bits per heavy atom. The molecule has 0 spiro atoms. The number of carbonyl (C=O) groups is 10. The number of primary amides is 1. The lowest BCUT2D eigenvalue weighted by Gasteiger charge is -2.27. The molecule has 63 heavy (non-hydrogen) atoms. The molecular weight excluding hydrogens is 857 g/mol. The first-order valence-corrected chi connectivity index (χ1v) is 20.2. The van der Waals surface area contributed by atoms with Gasteiger partial charge in [-0.15, -0.1) is 0 Å². The highest BCUT2D eigenvalue weighted by Crippen LogP contribution is 2.12. The van der Waals surface area contributed by atoms with Gasteiger partial charge in [0.25, 0.3) is 0 Å². The van der Waals surface area contributed by atoms with Gasteiger partial charge < -0.3 is 80.0 Å². The monoisotopic (exact) mass is 914 g/mol. The summed E-state index contributed by atoms with van der Waals surface area (Å²) in [6, 6.07) is -6.90. The maximum atomic E-state index is 13.4. The summed E-state index contributed by atoms with van der Waals surface area (Å²) >= 11 is 3.86. The number of aliphatic hydroxyl groups excluding tert-OH is 2. The summed E-state index contributed by atoms with van der Waals surface area (Å²) in [5.74, 6) is -11.8. The SMILES string of the molecule is C[C@H](NC(=O)[C@H](CO)NC(=O)[C@H](CC(=O)O)NC(=O)[C@H](CCC(N)=O)NC(=O)[C@@H](N)Cc1ccc(O)cc1)C(=O)N[C@@H](CCCCN)C(=O)N[C@H](C(=O)N[C@@H](CS)C(=O)O)[C@@H](C)O. The number of aliphatic hydroxyl groups is 2. The summed E-state index contributed by atoms with van der Waals surface area (Å²) in [4.78, 5) is 127. The van der Waals surface area contributed by atoms with E-state index in [4.69, 9.17) is 17.2 Å². The fourth-order valence-corrected chi connectivity index (χ4v) is 5.73. The van der Waals surface area contributed by atoms with Gasteiger partial charge in [0.15, 0.2) is 0 Å². The quantitative estimate of drug-likeness (QED) is 0.0263.